The van der Waals surface area contributed by atoms with Crippen LogP contribution in [0.4, 0.5) is 13.2 Å². The molecule has 2 rings (SSSR count). The van der Waals surface area contributed by atoms with Gasteiger partial charge in [0.15, 0.2) is 0 Å². The Morgan fingerprint density at radius 3 is 1.79 bits per heavy atom. The van der Waals surface area contributed by atoms with Gasteiger partial charge in [0.25, 0.3) is 0 Å². The lowest BCUT2D eigenvalue weighted by atomic mass is 9.82. The van der Waals surface area contributed by atoms with E-state index < -0.39 is 30.4 Å². The molecule has 12 nitrogen and oxygen atoms in total. The summed E-state index contributed by atoms with van der Waals surface area (Å²) in [6.45, 7) is 1.53. The van der Waals surface area contributed by atoms with E-state index in [4.69, 9.17) is 0 Å². The minimum absolute atomic E-state index is 0.0832. The molecule has 2 atom stereocenters. The van der Waals surface area contributed by atoms with Crippen LogP contribution in [0.25, 0.3) is 0 Å². The van der Waals surface area contributed by atoms with E-state index in [9.17, 15) is 48.3 Å². The van der Waals surface area contributed by atoms with E-state index >= 15 is 0 Å². The molecule has 2 fully saturated rings. The zero-order valence-corrected chi connectivity index (χ0v) is 21.6. The molecule has 15 heteroatoms. The van der Waals surface area contributed by atoms with Gasteiger partial charge in [-0.1, -0.05) is 0 Å². The number of aliphatic hydroxyl groups is 3. The number of carboxylic acids is 2. The molecule has 0 amide bonds. The van der Waals surface area contributed by atoms with Crippen molar-refractivity contribution in [1.82, 2.24) is 24.9 Å². The van der Waals surface area contributed by atoms with Crippen molar-refractivity contribution in [2.24, 2.45) is 5.92 Å². The minimum atomic E-state index is -4.75. The Morgan fingerprint density at radius 2 is 1.32 bits per heavy atom. The maximum Gasteiger partial charge on any atom is 0.427 e. The molecule has 0 aromatic rings. The Labute approximate surface area is 220 Å². The first-order valence-corrected chi connectivity index (χ1v) is 13.0. The SMILES string of the molecule is O=C(O)CN1CCN(CO)CCN(CO)CCN(CC(=O)O)C(CC2CCC(NC(O)C(F)(F)F)CC2)C1. The molecule has 1 saturated carbocycles. The van der Waals surface area contributed by atoms with Crippen LogP contribution in [0.3, 0.4) is 0 Å². The van der Waals surface area contributed by atoms with E-state index in [2.05, 4.69) is 5.32 Å². The third-order valence-corrected chi connectivity index (χ3v) is 7.41. The summed E-state index contributed by atoms with van der Waals surface area (Å²) in [5.74, 6) is -1.99. The fourth-order valence-electron chi connectivity index (χ4n) is 5.24. The molecule has 0 bridgehead atoms. The number of hydrogen-bond acceptors (Lipinski definition) is 10. The van der Waals surface area contributed by atoms with Crippen LogP contribution >= 0.6 is 0 Å². The Balaban J connectivity index is 2.17. The second-order valence-electron chi connectivity index (χ2n) is 10.2. The number of nitrogens with one attached hydrogen (secondary N) is 1. The van der Waals surface area contributed by atoms with E-state index in [0.717, 1.165) is 0 Å². The minimum Gasteiger partial charge on any atom is -0.480 e. The van der Waals surface area contributed by atoms with E-state index in [1.54, 1.807) is 19.6 Å². The van der Waals surface area contributed by atoms with Gasteiger partial charge in [0.1, 0.15) is 0 Å². The number of nitrogens with zero attached hydrogens (tertiary/aromatic N) is 4. The van der Waals surface area contributed by atoms with E-state index in [1.807, 2.05) is 0 Å². The van der Waals surface area contributed by atoms with Gasteiger partial charge in [-0.15, -0.1) is 0 Å². The molecule has 2 unspecified atom stereocenters. The summed E-state index contributed by atoms with van der Waals surface area (Å²) in [6, 6.07) is -0.830. The maximum absolute atomic E-state index is 12.7. The molecule has 1 aliphatic heterocycles. The Kier molecular flexibility index (Phi) is 13.6. The van der Waals surface area contributed by atoms with E-state index in [-0.39, 0.29) is 45.1 Å². The topological polar surface area (TPSA) is 160 Å². The fourth-order valence-corrected chi connectivity index (χ4v) is 5.24. The molecule has 0 radical (unpaired) electrons. The molecule has 0 spiro atoms. The van der Waals surface area contributed by atoms with Crippen molar-refractivity contribution in [3.63, 3.8) is 0 Å². The second kappa shape index (κ2) is 15.9. The lowest BCUT2D eigenvalue weighted by Gasteiger charge is -2.40. The van der Waals surface area contributed by atoms with Crippen LogP contribution in [0.15, 0.2) is 0 Å². The largest absolute Gasteiger partial charge is 0.480 e. The average molecular weight is 558 g/mol. The number of rotatable bonds is 10. The van der Waals surface area contributed by atoms with Crippen molar-refractivity contribution in [3.8, 4) is 0 Å². The Morgan fingerprint density at radius 1 is 0.816 bits per heavy atom. The molecule has 2 aliphatic rings. The van der Waals surface area contributed by atoms with Gasteiger partial charge in [0.05, 0.1) is 26.6 Å². The molecule has 1 heterocycles. The summed E-state index contributed by atoms with van der Waals surface area (Å²) in [7, 11) is 0. The van der Waals surface area contributed by atoms with Gasteiger partial charge in [-0.3, -0.25) is 34.5 Å². The number of carbonyl (C=O) groups is 2. The van der Waals surface area contributed by atoms with Crippen molar-refractivity contribution < 1.29 is 48.3 Å². The predicted octanol–water partition coefficient (Wildman–Crippen LogP) is -0.935. The van der Waals surface area contributed by atoms with E-state index in [0.29, 0.717) is 71.4 Å². The molecule has 1 saturated heterocycles. The van der Waals surface area contributed by atoms with Crippen LogP contribution in [0.5, 0.6) is 0 Å². The Hall–Kier alpha value is -1.59. The van der Waals surface area contributed by atoms with Crippen LogP contribution < -0.4 is 5.32 Å². The van der Waals surface area contributed by atoms with Crippen molar-refractivity contribution in [2.75, 3.05) is 72.4 Å². The van der Waals surface area contributed by atoms with Crippen LogP contribution in [0.1, 0.15) is 32.1 Å². The summed E-state index contributed by atoms with van der Waals surface area (Å²) in [6.07, 6.45) is -4.79. The molecule has 222 valence electrons. The van der Waals surface area contributed by atoms with E-state index in [1.165, 1.54) is 0 Å². The first-order chi connectivity index (χ1) is 17.9. The fraction of sp³-hybridized carbons (Fsp3) is 0.913. The van der Waals surface area contributed by atoms with Crippen molar-refractivity contribution >= 4 is 11.9 Å². The zero-order chi connectivity index (χ0) is 28.3. The quantitative estimate of drug-likeness (QED) is 0.183. The number of aliphatic carboxylic acids is 2. The highest BCUT2D eigenvalue weighted by Gasteiger charge is 2.40. The third-order valence-electron chi connectivity index (χ3n) is 7.41. The number of hydrogen-bond donors (Lipinski definition) is 6. The number of alkyl halides is 3. The van der Waals surface area contributed by atoms with Gasteiger partial charge >= 0.3 is 18.1 Å². The number of carboxylic acid groups (broad SMARTS) is 2. The highest BCUT2D eigenvalue weighted by atomic mass is 19.4. The smallest absolute Gasteiger partial charge is 0.427 e. The van der Waals surface area contributed by atoms with Gasteiger partial charge in [-0.2, -0.15) is 13.2 Å². The van der Waals surface area contributed by atoms with Gasteiger partial charge < -0.3 is 25.5 Å². The van der Waals surface area contributed by atoms with Crippen molar-refractivity contribution in [2.45, 2.75) is 56.6 Å². The maximum atomic E-state index is 12.7. The second-order valence-corrected chi connectivity index (χ2v) is 10.2. The lowest BCUT2D eigenvalue weighted by Crippen LogP contribution is -2.53. The molecular formula is C23H42F3N5O7. The molecule has 0 aromatic heterocycles. The monoisotopic (exact) mass is 557 g/mol. The molecule has 38 heavy (non-hydrogen) atoms. The van der Waals surface area contributed by atoms with Crippen LogP contribution in [-0.4, -0.2) is 154 Å². The molecule has 6 N–H and O–H groups in total. The molecule has 1 aliphatic carbocycles. The first kappa shape index (κ1) is 32.6. The summed E-state index contributed by atoms with van der Waals surface area (Å²) in [4.78, 5) is 30.3. The zero-order valence-electron chi connectivity index (χ0n) is 21.6. The third kappa shape index (κ3) is 11.7. The molecular weight excluding hydrogens is 515 g/mol. The van der Waals surface area contributed by atoms with Crippen molar-refractivity contribution in [1.29, 1.82) is 0 Å². The highest BCUT2D eigenvalue weighted by molar-refractivity contribution is 5.69. The number of aliphatic hydroxyl groups excluding tert-OH is 3. The molecule has 0 aromatic carbocycles. The predicted molar refractivity (Wildman–Crippen MR) is 130 cm³/mol. The van der Waals surface area contributed by atoms with Gasteiger partial charge in [0.2, 0.25) is 6.23 Å². The first-order valence-electron chi connectivity index (χ1n) is 13.0. The summed E-state index contributed by atoms with van der Waals surface area (Å²) >= 11 is 0. The summed E-state index contributed by atoms with van der Waals surface area (Å²) in [5.41, 5.74) is 0. The summed E-state index contributed by atoms with van der Waals surface area (Å²) in [5, 5.41) is 50.1. The van der Waals surface area contributed by atoms with Crippen LogP contribution in [0.2, 0.25) is 0 Å². The Bertz CT molecular complexity index is 728. The highest BCUT2D eigenvalue weighted by Crippen LogP contribution is 2.31. The standard InChI is InChI=1S/C23H42F3N5O7/c24-23(25,26)22(38)27-18-3-1-17(2-4-18)11-19-12-30(13-20(34)35)8-7-28(15-32)5-6-29(16-33)9-10-31(19)14-21(36)37/h17-19,22,27,32-33,38H,1-16H2,(H,34,35)(H,36,37). The van der Waals surface area contributed by atoms with Gasteiger partial charge in [-0.25, -0.2) is 0 Å². The summed E-state index contributed by atoms with van der Waals surface area (Å²) < 4.78 is 38.1. The van der Waals surface area contributed by atoms with Crippen LogP contribution in [0, 0.1) is 5.92 Å². The lowest BCUT2D eigenvalue weighted by molar-refractivity contribution is -0.216. The normalized spacial score (nSPS) is 27.4. The number of halogens is 3. The van der Waals surface area contributed by atoms with Gasteiger partial charge in [0, 0.05) is 57.9 Å². The average Bonchev–Trinajstić information content (AvgIpc) is 2.83. The van der Waals surface area contributed by atoms with Crippen LogP contribution in [-0.2, 0) is 9.59 Å². The van der Waals surface area contributed by atoms with Gasteiger partial charge in [-0.05, 0) is 38.0 Å². The van der Waals surface area contributed by atoms with Crippen molar-refractivity contribution in [3.05, 3.63) is 0 Å².